The standard InChI is InChI=1S/C41H55NO5/c1-26-35-31-24-29(22-28-12-5-4-6-13-28)23-30(32(43)25-34-40(15-7-8-16-40)19-20-41(34)17-9-10-18-41)42(31)21-11-14-33(35)46-37(26)38-36(45-3)27(2)39(44)47-38/h4-6,12-14,26,29-32,34-35,43H,7-11,15-25H2,1-3H3/t26-,29+,30-,31-,32-,35+/m0/s1. The first-order valence-electron chi connectivity index (χ1n) is 18.9. The lowest BCUT2D eigenvalue weighted by Gasteiger charge is -2.50. The summed E-state index contributed by atoms with van der Waals surface area (Å²) in [5.74, 6) is 3.59. The lowest BCUT2D eigenvalue weighted by Crippen LogP contribution is -2.57. The fourth-order valence-electron chi connectivity index (χ4n) is 12.1. The van der Waals surface area contributed by atoms with E-state index in [1.54, 1.807) is 14.0 Å². The Labute approximate surface area is 281 Å². The lowest BCUT2D eigenvalue weighted by atomic mass is 9.63. The van der Waals surface area contributed by atoms with Crippen LogP contribution in [0.25, 0.3) is 0 Å². The van der Waals surface area contributed by atoms with Gasteiger partial charge in [-0.15, -0.1) is 0 Å². The van der Waals surface area contributed by atoms with Crippen molar-refractivity contribution in [3.8, 4) is 0 Å². The van der Waals surface area contributed by atoms with E-state index in [9.17, 15) is 9.90 Å². The van der Waals surface area contributed by atoms with Gasteiger partial charge in [0.1, 0.15) is 5.76 Å². The number of carbonyl (C=O) groups excluding carboxylic acids is 1. The molecule has 8 rings (SSSR count). The zero-order valence-electron chi connectivity index (χ0n) is 28.8. The minimum Gasteiger partial charge on any atom is -0.492 e. The highest BCUT2D eigenvalue weighted by molar-refractivity contribution is 5.93. The molecular formula is C41H55NO5. The Hall–Kier alpha value is -2.57. The smallest absolute Gasteiger partial charge is 0.343 e. The summed E-state index contributed by atoms with van der Waals surface area (Å²) < 4.78 is 18.1. The summed E-state index contributed by atoms with van der Waals surface area (Å²) in [6.45, 7) is 4.93. The number of esters is 1. The van der Waals surface area contributed by atoms with Crippen molar-refractivity contribution >= 4 is 5.97 Å². The molecule has 0 amide bonds. The molecule has 4 heterocycles. The molecule has 3 aliphatic carbocycles. The predicted octanol–water partition coefficient (Wildman–Crippen LogP) is 8.22. The van der Waals surface area contributed by atoms with E-state index >= 15 is 0 Å². The van der Waals surface area contributed by atoms with Crippen LogP contribution in [0.2, 0.25) is 0 Å². The van der Waals surface area contributed by atoms with Crippen LogP contribution in [0.15, 0.2) is 65.0 Å². The Morgan fingerprint density at radius 2 is 1.66 bits per heavy atom. The van der Waals surface area contributed by atoms with Gasteiger partial charge in [-0.1, -0.05) is 62.9 Å². The molecule has 0 aromatic heterocycles. The van der Waals surface area contributed by atoms with E-state index in [4.69, 9.17) is 14.2 Å². The van der Waals surface area contributed by atoms with E-state index < -0.39 is 0 Å². The third-order valence-electron chi connectivity index (χ3n) is 14.2. The van der Waals surface area contributed by atoms with Crippen LogP contribution in [0.1, 0.15) is 109 Å². The van der Waals surface area contributed by atoms with Crippen molar-refractivity contribution in [2.24, 2.45) is 34.5 Å². The molecule has 4 aliphatic heterocycles. The fraction of sp³-hybridized carbons (Fsp3) is 0.683. The van der Waals surface area contributed by atoms with E-state index in [-0.39, 0.29) is 36.0 Å². The third kappa shape index (κ3) is 5.31. The highest BCUT2D eigenvalue weighted by Crippen LogP contribution is 2.67. The molecule has 3 saturated carbocycles. The maximum absolute atomic E-state index is 12.6. The molecule has 6 nitrogen and oxygen atoms in total. The molecule has 2 spiro atoms. The number of ether oxygens (including phenoxy) is 3. The lowest BCUT2D eigenvalue weighted by molar-refractivity contribution is -0.133. The molecule has 1 N–H and O–H groups in total. The van der Waals surface area contributed by atoms with Gasteiger partial charge in [-0.05, 0) is 112 Å². The maximum atomic E-state index is 12.6. The number of carbonyl (C=O) groups is 1. The van der Waals surface area contributed by atoms with Crippen molar-refractivity contribution in [1.82, 2.24) is 4.90 Å². The minimum absolute atomic E-state index is 0.0253. The molecule has 6 atom stereocenters. The van der Waals surface area contributed by atoms with Gasteiger partial charge >= 0.3 is 5.97 Å². The Bertz CT molecular complexity index is 1420. The third-order valence-corrected chi connectivity index (χ3v) is 14.2. The van der Waals surface area contributed by atoms with Gasteiger partial charge in [-0.25, -0.2) is 4.79 Å². The second-order valence-corrected chi connectivity index (χ2v) is 16.4. The van der Waals surface area contributed by atoms with Crippen molar-refractivity contribution < 1.29 is 24.1 Å². The zero-order chi connectivity index (χ0) is 32.3. The Kier molecular flexibility index (Phi) is 8.35. The quantitative estimate of drug-likeness (QED) is 0.316. The number of aliphatic hydroxyl groups excluding tert-OH is 1. The van der Waals surface area contributed by atoms with Crippen LogP contribution in [0.4, 0.5) is 0 Å². The number of cyclic esters (lactones) is 1. The summed E-state index contributed by atoms with van der Waals surface area (Å²) in [7, 11) is 1.59. The first-order valence-corrected chi connectivity index (χ1v) is 18.9. The number of hydrogen-bond donors (Lipinski definition) is 1. The number of piperidine rings is 1. The van der Waals surface area contributed by atoms with Crippen LogP contribution in [0.5, 0.6) is 0 Å². The second-order valence-electron chi connectivity index (χ2n) is 16.4. The van der Waals surface area contributed by atoms with E-state index in [0.29, 0.717) is 45.5 Å². The Morgan fingerprint density at radius 1 is 0.979 bits per heavy atom. The first-order chi connectivity index (χ1) is 22.8. The van der Waals surface area contributed by atoms with E-state index in [0.717, 1.165) is 44.4 Å². The number of allylic oxidation sites excluding steroid dienone is 1. The van der Waals surface area contributed by atoms with Crippen LogP contribution < -0.4 is 0 Å². The van der Waals surface area contributed by atoms with Gasteiger partial charge in [-0.3, -0.25) is 4.90 Å². The molecule has 0 radical (unpaired) electrons. The monoisotopic (exact) mass is 641 g/mol. The number of rotatable bonds is 6. The fourth-order valence-corrected chi connectivity index (χ4v) is 12.1. The van der Waals surface area contributed by atoms with Crippen molar-refractivity contribution in [3.63, 3.8) is 0 Å². The Morgan fingerprint density at radius 3 is 2.32 bits per heavy atom. The average molecular weight is 642 g/mol. The molecule has 7 aliphatic rings. The molecule has 1 aromatic rings. The van der Waals surface area contributed by atoms with Gasteiger partial charge in [0.15, 0.2) is 11.5 Å². The molecule has 47 heavy (non-hydrogen) atoms. The SMILES string of the molecule is COC1=C(C)C(=O)OC1=C1OC2=CCCN3[C@@H](C[C@H](Cc4ccccc4)C[C@H]3[C@@H](O)CC3C4(CCCC4)CCC34CCCC4)[C@H]2[C@@H]1C. The predicted molar refractivity (Wildman–Crippen MR) is 182 cm³/mol. The minimum atomic E-state index is -0.362. The topological polar surface area (TPSA) is 68.2 Å². The van der Waals surface area contributed by atoms with Crippen molar-refractivity contribution in [3.05, 3.63) is 70.6 Å². The van der Waals surface area contributed by atoms with Crippen molar-refractivity contribution in [2.45, 2.75) is 128 Å². The molecule has 5 fully saturated rings. The molecular weight excluding hydrogens is 586 g/mol. The number of fused-ring (bicyclic) bond motifs is 3. The normalized spacial score (nSPS) is 35.5. The second kappa shape index (κ2) is 12.4. The summed E-state index contributed by atoms with van der Waals surface area (Å²) >= 11 is 0. The van der Waals surface area contributed by atoms with Crippen molar-refractivity contribution in [1.29, 1.82) is 0 Å². The average Bonchev–Trinajstić information content (AvgIpc) is 3.89. The Balaban J connectivity index is 1.12. The van der Waals surface area contributed by atoms with Gasteiger partial charge in [0.25, 0.3) is 0 Å². The first kappa shape index (κ1) is 31.7. The molecule has 0 unspecified atom stereocenters. The van der Waals surface area contributed by atoms with Crippen LogP contribution in [-0.2, 0) is 25.4 Å². The molecule has 6 heteroatoms. The van der Waals surface area contributed by atoms with Gasteiger partial charge in [0, 0.05) is 30.5 Å². The summed E-state index contributed by atoms with van der Waals surface area (Å²) in [6.07, 6.45) is 20.8. The van der Waals surface area contributed by atoms with Gasteiger partial charge in [-0.2, -0.15) is 0 Å². The van der Waals surface area contributed by atoms with Gasteiger partial charge in [0.2, 0.25) is 5.76 Å². The number of methoxy groups -OCH3 is 1. The van der Waals surface area contributed by atoms with Crippen molar-refractivity contribution in [2.75, 3.05) is 13.7 Å². The molecule has 254 valence electrons. The van der Waals surface area contributed by atoms with Crippen LogP contribution in [-0.4, -0.2) is 47.8 Å². The highest BCUT2D eigenvalue weighted by Gasteiger charge is 2.59. The van der Waals surface area contributed by atoms with Crippen LogP contribution >= 0.6 is 0 Å². The summed E-state index contributed by atoms with van der Waals surface area (Å²) in [5, 5.41) is 12.6. The van der Waals surface area contributed by atoms with Gasteiger partial charge < -0.3 is 19.3 Å². The van der Waals surface area contributed by atoms with Crippen LogP contribution in [0, 0.1) is 34.5 Å². The van der Waals surface area contributed by atoms with E-state index in [1.165, 1.54) is 69.8 Å². The highest BCUT2D eigenvalue weighted by atomic mass is 16.6. The van der Waals surface area contributed by atoms with Crippen LogP contribution in [0.3, 0.4) is 0 Å². The maximum Gasteiger partial charge on any atom is 0.343 e. The molecule has 2 saturated heterocycles. The summed E-state index contributed by atoms with van der Waals surface area (Å²) in [4.78, 5) is 15.3. The number of aliphatic hydroxyl groups is 1. The summed E-state index contributed by atoms with van der Waals surface area (Å²) in [6, 6.07) is 11.3. The van der Waals surface area contributed by atoms with Gasteiger partial charge in [0.05, 0.1) is 18.8 Å². The molecule has 0 bridgehead atoms. The summed E-state index contributed by atoms with van der Waals surface area (Å²) in [5.41, 5.74) is 2.81. The largest absolute Gasteiger partial charge is 0.492 e. The number of benzene rings is 1. The van der Waals surface area contributed by atoms with E-state index in [1.807, 2.05) is 0 Å². The number of hydrogen-bond acceptors (Lipinski definition) is 6. The molecule has 1 aromatic carbocycles. The number of nitrogens with zero attached hydrogens (tertiary/aromatic N) is 1. The zero-order valence-corrected chi connectivity index (χ0v) is 28.8. The van der Waals surface area contributed by atoms with E-state index in [2.05, 4.69) is 48.2 Å².